The Hall–Kier alpha value is -3.66. The first-order chi connectivity index (χ1) is 20.9. The van der Waals surface area contributed by atoms with Gasteiger partial charge in [0.25, 0.3) is 0 Å². The van der Waals surface area contributed by atoms with Crippen LogP contribution in [0, 0.1) is 22.7 Å². The summed E-state index contributed by atoms with van der Waals surface area (Å²) in [6.45, 7) is 17.8. The standard InChI is InChI=1S/C39H48O6/c1-26(16-17-34-28(3)21-32(43-29(4)40)23-36(34,5)6)14-12-10-11-13-15-27(2)20-31-22-30(35(41)44-31)18-19-39-37(7,8)24-33(45-39)25-38(39,9)42/h10-15,18-20,22,32-33,42H,21,23-25H2,1-9H3. The largest absolute Gasteiger partial charge is 0.462 e. The van der Waals surface area contributed by atoms with Crippen LogP contribution in [0.3, 0.4) is 0 Å². The van der Waals surface area contributed by atoms with Gasteiger partial charge < -0.3 is 19.3 Å². The highest BCUT2D eigenvalue weighted by Gasteiger charge is 2.67. The monoisotopic (exact) mass is 612 g/mol. The van der Waals surface area contributed by atoms with Crippen LogP contribution in [-0.2, 0) is 23.8 Å². The third-order valence-electron chi connectivity index (χ3n) is 9.26. The van der Waals surface area contributed by atoms with Gasteiger partial charge in [0, 0.05) is 36.2 Å². The molecule has 0 saturated carbocycles. The molecule has 2 saturated heterocycles. The van der Waals surface area contributed by atoms with Crippen molar-refractivity contribution < 1.29 is 28.9 Å². The number of carbonyl (C=O) groups excluding carboxylic acids is 2. The van der Waals surface area contributed by atoms with E-state index in [4.69, 9.17) is 14.2 Å². The molecule has 0 spiro atoms. The third-order valence-corrected chi connectivity index (χ3v) is 9.26. The molecule has 0 aromatic carbocycles. The molecule has 4 rings (SSSR count). The maximum Gasteiger partial charge on any atom is 0.343 e. The van der Waals surface area contributed by atoms with Gasteiger partial charge in [-0.05, 0) is 76.0 Å². The van der Waals surface area contributed by atoms with Gasteiger partial charge in [0.05, 0.1) is 17.3 Å². The van der Waals surface area contributed by atoms with Gasteiger partial charge in [0.15, 0.2) is 0 Å². The van der Waals surface area contributed by atoms with Gasteiger partial charge in [-0.2, -0.15) is 0 Å². The lowest BCUT2D eigenvalue weighted by molar-refractivity contribution is -0.147. The van der Waals surface area contributed by atoms with Gasteiger partial charge in [-0.3, -0.25) is 4.79 Å². The van der Waals surface area contributed by atoms with Crippen molar-refractivity contribution >= 4 is 11.9 Å². The number of carbonyl (C=O) groups is 2. The average molecular weight is 613 g/mol. The van der Waals surface area contributed by atoms with Crippen LogP contribution in [0.1, 0.15) is 88.0 Å². The fourth-order valence-electron chi connectivity index (χ4n) is 7.37. The SMILES string of the molecule is CC(=O)OC1CC(C)=C(C#CC(C)=CC=CC=CC=C(C)C=C2C=C(C=CC34OC(CC3(C)C)CC4(C)O)C(=O)O2)C(C)(C)C1. The van der Waals surface area contributed by atoms with Crippen molar-refractivity contribution in [2.45, 2.75) is 111 Å². The lowest BCUT2D eigenvalue weighted by Gasteiger charge is -2.46. The zero-order chi connectivity index (χ0) is 33.2. The Bertz CT molecular complexity index is 1520. The summed E-state index contributed by atoms with van der Waals surface area (Å²) in [6, 6.07) is 0. The molecule has 6 nitrogen and oxygen atoms in total. The molecule has 45 heavy (non-hydrogen) atoms. The van der Waals surface area contributed by atoms with Crippen LogP contribution in [0.15, 0.2) is 94.4 Å². The second-order valence-electron chi connectivity index (χ2n) is 14.4. The molecular weight excluding hydrogens is 564 g/mol. The molecular formula is C39H48O6. The van der Waals surface area contributed by atoms with E-state index in [9.17, 15) is 14.7 Å². The Labute approximate surface area is 269 Å². The number of esters is 2. The van der Waals surface area contributed by atoms with Crippen LogP contribution in [0.25, 0.3) is 0 Å². The van der Waals surface area contributed by atoms with E-state index in [1.165, 1.54) is 12.5 Å². The van der Waals surface area contributed by atoms with Crippen molar-refractivity contribution in [1.82, 2.24) is 0 Å². The summed E-state index contributed by atoms with van der Waals surface area (Å²) in [7, 11) is 0. The Morgan fingerprint density at radius 1 is 1.02 bits per heavy atom. The first-order valence-corrected chi connectivity index (χ1v) is 15.8. The number of aliphatic hydroxyl groups is 1. The van der Waals surface area contributed by atoms with E-state index in [2.05, 4.69) is 46.5 Å². The number of allylic oxidation sites excluding steroid dienone is 11. The molecule has 0 radical (unpaired) electrons. The molecule has 2 fully saturated rings. The Morgan fingerprint density at radius 2 is 1.71 bits per heavy atom. The average Bonchev–Trinajstić information content (AvgIpc) is 3.46. The molecule has 1 N–H and O–H groups in total. The van der Waals surface area contributed by atoms with Crippen LogP contribution in [0.4, 0.5) is 0 Å². The quantitative estimate of drug-likeness (QED) is 0.180. The van der Waals surface area contributed by atoms with Crippen molar-refractivity contribution in [1.29, 1.82) is 0 Å². The van der Waals surface area contributed by atoms with Crippen LogP contribution in [0.5, 0.6) is 0 Å². The molecule has 4 aliphatic rings. The van der Waals surface area contributed by atoms with Crippen LogP contribution >= 0.6 is 0 Å². The summed E-state index contributed by atoms with van der Waals surface area (Å²) in [5.74, 6) is 6.46. The predicted octanol–water partition coefficient (Wildman–Crippen LogP) is 7.69. The molecule has 0 amide bonds. The zero-order valence-corrected chi connectivity index (χ0v) is 28.2. The van der Waals surface area contributed by atoms with Gasteiger partial charge in [-0.25, -0.2) is 4.79 Å². The smallest absolute Gasteiger partial charge is 0.343 e. The number of fused-ring (bicyclic) bond motifs is 2. The number of cyclic esters (lactones) is 1. The number of rotatable bonds is 7. The lowest BCUT2D eigenvalue weighted by Crippen LogP contribution is -2.56. The minimum absolute atomic E-state index is 0.0238. The minimum Gasteiger partial charge on any atom is -0.462 e. The number of ether oxygens (including phenoxy) is 3. The van der Waals surface area contributed by atoms with Gasteiger partial charge in [-0.15, -0.1) is 0 Å². The van der Waals surface area contributed by atoms with E-state index in [-0.39, 0.29) is 29.0 Å². The topological polar surface area (TPSA) is 82.1 Å². The molecule has 3 aliphatic heterocycles. The summed E-state index contributed by atoms with van der Waals surface area (Å²) in [5.41, 5.74) is 2.37. The number of hydrogen-bond donors (Lipinski definition) is 1. The predicted molar refractivity (Wildman–Crippen MR) is 177 cm³/mol. The van der Waals surface area contributed by atoms with E-state index >= 15 is 0 Å². The minimum atomic E-state index is -0.998. The molecule has 1 aliphatic carbocycles. The molecule has 2 bridgehead atoms. The van der Waals surface area contributed by atoms with E-state index in [1.807, 2.05) is 69.4 Å². The maximum atomic E-state index is 12.6. The summed E-state index contributed by atoms with van der Waals surface area (Å²) in [6.07, 6.45) is 21.7. The van der Waals surface area contributed by atoms with Crippen molar-refractivity contribution in [3.63, 3.8) is 0 Å². The first-order valence-electron chi connectivity index (χ1n) is 15.8. The lowest BCUT2D eigenvalue weighted by atomic mass is 9.61. The van der Waals surface area contributed by atoms with Gasteiger partial charge in [-0.1, -0.05) is 81.6 Å². The zero-order valence-electron chi connectivity index (χ0n) is 28.2. The van der Waals surface area contributed by atoms with E-state index in [0.717, 1.165) is 36.0 Å². The fourth-order valence-corrected chi connectivity index (χ4v) is 7.37. The summed E-state index contributed by atoms with van der Waals surface area (Å²) in [5, 5.41) is 11.1. The highest BCUT2D eigenvalue weighted by atomic mass is 16.6. The highest BCUT2D eigenvalue weighted by Crippen LogP contribution is 2.60. The molecule has 4 unspecified atom stereocenters. The normalized spacial score (nSPS) is 32.1. The summed E-state index contributed by atoms with van der Waals surface area (Å²) >= 11 is 0. The maximum absolute atomic E-state index is 12.6. The molecule has 240 valence electrons. The van der Waals surface area contributed by atoms with Crippen LogP contribution < -0.4 is 0 Å². The van der Waals surface area contributed by atoms with E-state index in [0.29, 0.717) is 17.8 Å². The van der Waals surface area contributed by atoms with Crippen LogP contribution in [-0.4, -0.2) is 40.5 Å². The van der Waals surface area contributed by atoms with Crippen molar-refractivity contribution in [2.75, 3.05) is 0 Å². The Kier molecular flexibility index (Phi) is 9.87. The van der Waals surface area contributed by atoms with Crippen LogP contribution in [0.2, 0.25) is 0 Å². The first kappa shape index (κ1) is 34.2. The number of hydrogen-bond acceptors (Lipinski definition) is 6. The Morgan fingerprint density at radius 3 is 2.33 bits per heavy atom. The third kappa shape index (κ3) is 7.60. The summed E-state index contributed by atoms with van der Waals surface area (Å²) in [4.78, 5) is 24.0. The van der Waals surface area contributed by atoms with Gasteiger partial charge in [0.2, 0.25) is 0 Å². The molecule has 6 heteroatoms. The molecule has 3 heterocycles. The molecule has 0 aromatic heterocycles. The fraction of sp³-hybridized carbons (Fsp3) is 0.487. The van der Waals surface area contributed by atoms with E-state index < -0.39 is 17.2 Å². The molecule has 0 aromatic rings. The van der Waals surface area contributed by atoms with Crippen molar-refractivity contribution in [3.8, 4) is 11.8 Å². The van der Waals surface area contributed by atoms with Crippen molar-refractivity contribution in [3.05, 3.63) is 94.4 Å². The molecule has 4 atom stereocenters. The van der Waals surface area contributed by atoms with Crippen molar-refractivity contribution in [2.24, 2.45) is 10.8 Å². The van der Waals surface area contributed by atoms with Gasteiger partial charge in [0.1, 0.15) is 17.5 Å². The second-order valence-corrected chi connectivity index (χ2v) is 14.4. The second kappa shape index (κ2) is 13.0. The Balaban J connectivity index is 1.35. The van der Waals surface area contributed by atoms with Gasteiger partial charge >= 0.3 is 11.9 Å². The van der Waals surface area contributed by atoms with E-state index in [1.54, 1.807) is 12.2 Å². The highest BCUT2D eigenvalue weighted by molar-refractivity contribution is 5.95. The summed E-state index contributed by atoms with van der Waals surface area (Å²) < 4.78 is 17.2.